The lowest BCUT2D eigenvalue weighted by Gasteiger charge is -2.14. The third-order valence-electron chi connectivity index (χ3n) is 3.16. The van der Waals surface area contributed by atoms with Crippen LogP contribution in [0.15, 0.2) is 23.2 Å². The Balaban J connectivity index is 0.00000529. The summed E-state index contributed by atoms with van der Waals surface area (Å²) in [5.74, 6) is 0.174. The Labute approximate surface area is 159 Å². The van der Waals surface area contributed by atoms with Crippen LogP contribution in [-0.4, -0.2) is 57.7 Å². The van der Waals surface area contributed by atoms with E-state index in [9.17, 15) is 9.18 Å². The van der Waals surface area contributed by atoms with E-state index in [4.69, 9.17) is 4.74 Å². The van der Waals surface area contributed by atoms with Crippen molar-refractivity contribution in [1.82, 2.24) is 15.5 Å². The fourth-order valence-electron chi connectivity index (χ4n) is 1.67. The predicted octanol–water partition coefficient (Wildman–Crippen LogP) is 1.52. The van der Waals surface area contributed by atoms with Gasteiger partial charge in [0.1, 0.15) is 5.82 Å². The Kier molecular flexibility index (Phi) is 11.3. The summed E-state index contributed by atoms with van der Waals surface area (Å²) < 4.78 is 18.5. The van der Waals surface area contributed by atoms with Crippen molar-refractivity contribution in [2.75, 3.05) is 40.9 Å². The number of likely N-dealkylation sites (N-methyl/N-ethyl adjacent to an activating group) is 1. The Morgan fingerprint density at radius 3 is 2.62 bits per heavy atom. The molecule has 0 spiro atoms. The van der Waals surface area contributed by atoms with Gasteiger partial charge < -0.3 is 20.3 Å². The summed E-state index contributed by atoms with van der Waals surface area (Å²) in [6.07, 6.45) is 0. The van der Waals surface area contributed by atoms with Gasteiger partial charge in [-0.2, -0.15) is 0 Å². The van der Waals surface area contributed by atoms with Crippen molar-refractivity contribution >= 4 is 35.8 Å². The van der Waals surface area contributed by atoms with Gasteiger partial charge in [-0.15, -0.1) is 24.0 Å². The number of halogens is 2. The number of amides is 1. The standard InChI is InChI=1S/C16H25FN4O2.HI/c1-12-5-6-13(9-14(12)17)10-19-16(18-7-8-23-4)20-11-15(22)21(2)3;/h5-6,9H,7-8,10-11H2,1-4H3,(H2,18,19,20);1H. The summed E-state index contributed by atoms with van der Waals surface area (Å²) in [6.45, 7) is 3.24. The monoisotopic (exact) mass is 452 g/mol. The van der Waals surface area contributed by atoms with Gasteiger partial charge in [-0.05, 0) is 24.1 Å². The van der Waals surface area contributed by atoms with E-state index in [1.165, 1.54) is 11.0 Å². The summed E-state index contributed by atoms with van der Waals surface area (Å²) in [5.41, 5.74) is 1.37. The fourth-order valence-corrected chi connectivity index (χ4v) is 1.67. The molecule has 136 valence electrons. The topological polar surface area (TPSA) is 66.0 Å². The summed E-state index contributed by atoms with van der Waals surface area (Å²) >= 11 is 0. The molecule has 0 aliphatic heterocycles. The van der Waals surface area contributed by atoms with Gasteiger partial charge in [0.2, 0.25) is 5.91 Å². The molecule has 0 atom stereocenters. The highest BCUT2D eigenvalue weighted by molar-refractivity contribution is 14.0. The molecule has 2 N–H and O–H groups in total. The number of hydrogen-bond acceptors (Lipinski definition) is 3. The average molecular weight is 452 g/mol. The van der Waals surface area contributed by atoms with Crippen LogP contribution in [0.25, 0.3) is 0 Å². The zero-order chi connectivity index (χ0) is 17.2. The van der Waals surface area contributed by atoms with Gasteiger partial charge >= 0.3 is 0 Å². The molecule has 1 amide bonds. The number of ether oxygens (including phenoxy) is 1. The third kappa shape index (κ3) is 8.44. The van der Waals surface area contributed by atoms with Gasteiger partial charge in [-0.25, -0.2) is 9.38 Å². The molecule has 0 radical (unpaired) electrons. The summed E-state index contributed by atoms with van der Waals surface area (Å²) in [4.78, 5) is 17.5. The molecule has 0 bridgehead atoms. The molecule has 0 fully saturated rings. The number of methoxy groups -OCH3 is 1. The normalized spacial score (nSPS) is 10.8. The van der Waals surface area contributed by atoms with E-state index < -0.39 is 0 Å². The van der Waals surface area contributed by atoms with E-state index in [0.717, 1.165) is 5.56 Å². The maximum absolute atomic E-state index is 13.5. The quantitative estimate of drug-likeness (QED) is 0.285. The second kappa shape index (κ2) is 12.0. The number of benzene rings is 1. The van der Waals surface area contributed by atoms with Gasteiger partial charge in [-0.3, -0.25) is 4.79 Å². The molecule has 0 aliphatic carbocycles. The number of hydrogen-bond donors (Lipinski definition) is 2. The smallest absolute Gasteiger partial charge is 0.241 e. The number of aliphatic imine (C=N–C) groups is 1. The van der Waals surface area contributed by atoms with Crippen molar-refractivity contribution in [2.24, 2.45) is 4.99 Å². The second-order valence-electron chi connectivity index (χ2n) is 5.31. The summed E-state index contributed by atoms with van der Waals surface area (Å²) in [5, 5.41) is 6.01. The van der Waals surface area contributed by atoms with E-state index >= 15 is 0 Å². The predicted molar refractivity (Wildman–Crippen MR) is 104 cm³/mol. The number of nitrogens with one attached hydrogen (secondary N) is 2. The van der Waals surface area contributed by atoms with E-state index in [1.54, 1.807) is 34.2 Å². The SMILES string of the molecule is COCCNC(=NCc1ccc(C)c(F)c1)NCC(=O)N(C)C.I. The summed E-state index contributed by atoms with van der Waals surface area (Å²) in [6, 6.07) is 5.03. The maximum atomic E-state index is 13.5. The van der Waals surface area contributed by atoms with E-state index in [1.807, 2.05) is 6.07 Å². The molecule has 0 aliphatic rings. The van der Waals surface area contributed by atoms with Crippen molar-refractivity contribution in [3.05, 3.63) is 35.1 Å². The zero-order valence-corrected chi connectivity index (χ0v) is 16.9. The Bertz CT molecular complexity index is 553. The van der Waals surface area contributed by atoms with Crippen LogP contribution in [0.2, 0.25) is 0 Å². The minimum atomic E-state index is -0.248. The van der Waals surface area contributed by atoms with E-state index in [2.05, 4.69) is 15.6 Å². The Hall–Kier alpha value is -1.42. The molecular weight excluding hydrogens is 426 g/mol. The van der Waals surface area contributed by atoms with Crippen molar-refractivity contribution in [2.45, 2.75) is 13.5 Å². The minimum absolute atomic E-state index is 0. The molecule has 24 heavy (non-hydrogen) atoms. The lowest BCUT2D eigenvalue weighted by Crippen LogP contribution is -2.43. The Morgan fingerprint density at radius 2 is 2.04 bits per heavy atom. The zero-order valence-electron chi connectivity index (χ0n) is 14.6. The molecule has 0 unspecified atom stereocenters. The van der Waals surface area contributed by atoms with Crippen LogP contribution in [0.4, 0.5) is 4.39 Å². The summed E-state index contributed by atoms with van der Waals surface area (Å²) in [7, 11) is 4.99. The van der Waals surface area contributed by atoms with Crippen LogP contribution >= 0.6 is 24.0 Å². The number of carbonyl (C=O) groups is 1. The van der Waals surface area contributed by atoms with Crippen LogP contribution in [-0.2, 0) is 16.1 Å². The third-order valence-corrected chi connectivity index (χ3v) is 3.16. The van der Waals surface area contributed by atoms with Crippen LogP contribution in [0.3, 0.4) is 0 Å². The highest BCUT2D eigenvalue weighted by atomic mass is 127. The molecule has 8 heteroatoms. The molecule has 6 nitrogen and oxygen atoms in total. The van der Waals surface area contributed by atoms with E-state index in [0.29, 0.717) is 31.2 Å². The van der Waals surface area contributed by atoms with Crippen LogP contribution < -0.4 is 10.6 Å². The lowest BCUT2D eigenvalue weighted by atomic mass is 10.1. The molecule has 0 aromatic heterocycles. The van der Waals surface area contributed by atoms with Gasteiger partial charge in [-0.1, -0.05) is 12.1 Å². The first kappa shape index (κ1) is 22.6. The molecule has 1 aromatic rings. The number of nitrogens with zero attached hydrogens (tertiary/aromatic N) is 2. The highest BCUT2D eigenvalue weighted by Gasteiger charge is 2.06. The van der Waals surface area contributed by atoms with Crippen molar-refractivity contribution < 1.29 is 13.9 Å². The highest BCUT2D eigenvalue weighted by Crippen LogP contribution is 2.09. The largest absolute Gasteiger partial charge is 0.383 e. The molecule has 0 saturated heterocycles. The first-order valence-electron chi connectivity index (χ1n) is 7.40. The van der Waals surface area contributed by atoms with Crippen LogP contribution in [0.1, 0.15) is 11.1 Å². The first-order valence-corrected chi connectivity index (χ1v) is 7.40. The minimum Gasteiger partial charge on any atom is -0.383 e. The average Bonchev–Trinajstić information content (AvgIpc) is 2.52. The fraction of sp³-hybridized carbons (Fsp3) is 0.500. The van der Waals surface area contributed by atoms with Gasteiger partial charge in [0.05, 0.1) is 19.7 Å². The number of rotatable bonds is 7. The van der Waals surface area contributed by atoms with Crippen molar-refractivity contribution in [1.29, 1.82) is 0 Å². The molecule has 0 saturated carbocycles. The van der Waals surface area contributed by atoms with Gasteiger partial charge in [0.15, 0.2) is 5.96 Å². The molecule has 1 aromatic carbocycles. The maximum Gasteiger partial charge on any atom is 0.241 e. The Morgan fingerprint density at radius 1 is 1.33 bits per heavy atom. The van der Waals surface area contributed by atoms with E-state index in [-0.39, 0.29) is 42.2 Å². The number of aryl methyl sites for hydroxylation is 1. The van der Waals surface area contributed by atoms with Crippen molar-refractivity contribution in [3.63, 3.8) is 0 Å². The first-order chi connectivity index (χ1) is 10.9. The van der Waals surface area contributed by atoms with Crippen LogP contribution in [0, 0.1) is 12.7 Å². The van der Waals surface area contributed by atoms with Gasteiger partial charge in [0, 0.05) is 27.7 Å². The number of carbonyl (C=O) groups excluding carboxylic acids is 1. The van der Waals surface area contributed by atoms with Crippen molar-refractivity contribution in [3.8, 4) is 0 Å². The number of guanidine groups is 1. The second-order valence-corrected chi connectivity index (χ2v) is 5.31. The van der Waals surface area contributed by atoms with Crippen LogP contribution in [0.5, 0.6) is 0 Å². The molecule has 0 heterocycles. The molecule has 1 rings (SSSR count). The van der Waals surface area contributed by atoms with Gasteiger partial charge in [0.25, 0.3) is 0 Å². The molecular formula is C16H26FIN4O2. The lowest BCUT2D eigenvalue weighted by molar-refractivity contribution is -0.127.